The van der Waals surface area contributed by atoms with Gasteiger partial charge < -0.3 is 109 Å². The number of rotatable bonds is 8. The Morgan fingerprint density at radius 3 is 1.93 bits per heavy atom. The standard InChI is InChI=1S/C49H76O22/c1-17-14-64-49(42(61)39(17)68-43-36(58)33(55)26(51)15-62-43)18(2)30-28(71-49)13-25-23-8-7-21-11-22(50)12-29(48(21,6)24(23)9-10-47(25,30)5)67-46-41(70-44-37(59)34(56)27(52)16-63-44)40(32(54)20(4)66-46)69-45-38(60)35(57)31(53)19(3)65-45/h7,18-20,22-46,50-61H,1,8-16H2,2-6H3/t18-,19-,20+,22+,23+,24-,25-,26-,27+,28-,29+,30-,31-,32-,33-,34-,35+,36+,37+,38+,39-,40-,41+,42-,43-,44-,45-,46-,47-,48-,49+/m0/s1. The van der Waals surface area contributed by atoms with Gasteiger partial charge in [0.15, 0.2) is 25.2 Å². The van der Waals surface area contributed by atoms with Gasteiger partial charge in [-0.15, -0.1) is 0 Å². The van der Waals surface area contributed by atoms with Gasteiger partial charge in [-0.2, -0.15) is 0 Å². The molecule has 10 rings (SSSR count). The van der Waals surface area contributed by atoms with Crippen LogP contribution in [0.4, 0.5) is 0 Å². The fraction of sp³-hybridized carbons (Fsp3) is 0.918. The zero-order valence-corrected chi connectivity index (χ0v) is 40.8. The highest BCUT2D eigenvalue weighted by Crippen LogP contribution is 2.71. The van der Waals surface area contributed by atoms with Crippen molar-refractivity contribution < 1.29 is 109 Å². The van der Waals surface area contributed by atoms with E-state index >= 15 is 0 Å². The van der Waals surface area contributed by atoms with Gasteiger partial charge in [-0.1, -0.05) is 39.0 Å². The lowest BCUT2D eigenvalue weighted by Gasteiger charge is -2.61. The van der Waals surface area contributed by atoms with E-state index in [9.17, 15) is 61.3 Å². The summed E-state index contributed by atoms with van der Waals surface area (Å²) in [4.78, 5) is 0. The smallest absolute Gasteiger partial charge is 0.200 e. The molecule has 71 heavy (non-hydrogen) atoms. The maximum atomic E-state index is 12.1. The molecule has 4 aliphatic carbocycles. The predicted octanol–water partition coefficient (Wildman–Crippen LogP) is -2.82. The molecule has 0 unspecified atom stereocenters. The fourth-order valence-corrected chi connectivity index (χ4v) is 14.9. The van der Waals surface area contributed by atoms with Crippen molar-refractivity contribution >= 4 is 0 Å². The first kappa shape index (κ1) is 53.0. The van der Waals surface area contributed by atoms with Gasteiger partial charge in [0.2, 0.25) is 5.79 Å². The Morgan fingerprint density at radius 1 is 0.648 bits per heavy atom. The Labute approximate surface area is 411 Å². The monoisotopic (exact) mass is 1020 g/mol. The molecule has 0 aromatic heterocycles. The number of ether oxygens (including phenoxy) is 10. The second kappa shape index (κ2) is 19.6. The zero-order chi connectivity index (χ0) is 51.0. The average Bonchev–Trinajstić information content (AvgIpc) is 3.79. The molecule has 0 amide bonds. The third-order valence-corrected chi connectivity index (χ3v) is 19.0. The van der Waals surface area contributed by atoms with Crippen LogP contribution < -0.4 is 0 Å². The van der Waals surface area contributed by atoms with Crippen molar-refractivity contribution in [2.45, 2.75) is 220 Å². The fourth-order valence-electron chi connectivity index (χ4n) is 14.9. The lowest BCUT2D eigenvalue weighted by molar-refractivity contribution is -0.390. The van der Waals surface area contributed by atoms with E-state index in [0.29, 0.717) is 18.4 Å². The number of aliphatic hydroxyl groups excluding tert-OH is 12. The summed E-state index contributed by atoms with van der Waals surface area (Å²) in [5.41, 5.74) is 0.483. The first-order valence-corrected chi connectivity index (χ1v) is 25.5. The van der Waals surface area contributed by atoms with E-state index in [-0.39, 0.29) is 60.7 Å². The van der Waals surface area contributed by atoms with Crippen molar-refractivity contribution in [2.24, 2.45) is 40.4 Å². The van der Waals surface area contributed by atoms with Gasteiger partial charge in [0.25, 0.3) is 0 Å². The van der Waals surface area contributed by atoms with Gasteiger partial charge >= 0.3 is 0 Å². The number of fused-ring (bicyclic) bond motifs is 7. The lowest BCUT2D eigenvalue weighted by atomic mass is 9.46. The molecular weight excluding hydrogens is 941 g/mol. The zero-order valence-electron chi connectivity index (χ0n) is 40.8. The van der Waals surface area contributed by atoms with E-state index in [0.717, 1.165) is 24.8 Å². The van der Waals surface area contributed by atoms with E-state index in [4.69, 9.17) is 47.4 Å². The minimum Gasteiger partial charge on any atom is -0.393 e. The molecule has 404 valence electrons. The predicted molar refractivity (Wildman–Crippen MR) is 238 cm³/mol. The normalized spacial score (nSPS) is 58.4. The van der Waals surface area contributed by atoms with Gasteiger partial charge in [0.1, 0.15) is 85.5 Å². The van der Waals surface area contributed by atoms with Crippen LogP contribution in [0.25, 0.3) is 0 Å². The maximum Gasteiger partial charge on any atom is 0.200 e. The highest BCUT2D eigenvalue weighted by molar-refractivity contribution is 5.29. The molecule has 6 heterocycles. The second-order valence-electron chi connectivity index (χ2n) is 22.8. The summed E-state index contributed by atoms with van der Waals surface area (Å²) >= 11 is 0. The SMILES string of the molecule is C=C1CO[C@]2(O[C@H]3C[C@H]4[C@@H]5CC=C6C[C@@H](O)C[C@@H](O[C@@H]7O[C@H](C)[C@H](O)[C@H](O[C@@H]8O[C@@H](C)[C@H](O)[C@@H](O)[C@H]8O)[C@H]7O[C@@H]7OC[C@@H](O)[C@H](O)[C@H]7O)[C@]6(C)[C@H]5CC[C@]4(C)[C@H]3[C@@H]2C)[C@@H](O)[C@H]1O[C@@H]1OC[C@H](O)[C@H](O)[C@H]1O. The Balaban J connectivity index is 0.906. The molecule has 22 heteroatoms. The number of hydrogen-bond acceptors (Lipinski definition) is 22. The van der Waals surface area contributed by atoms with Crippen LogP contribution in [0.3, 0.4) is 0 Å². The van der Waals surface area contributed by atoms with Crippen LogP contribution in [0.1, 0.15) is 73.1 Å². The highest BCUT2D eigenvalue weighted by atomic mass is 16.8. The van der Waals surface area contributed by atoms with Crippen LogP contribution in [-0.4, -0.2) is 228 Å². The molecule has 0 aromatic rings. The number of hydrogen-bond donors (Lipinski definition) is 12. The molecule has 22 nitrogen and oxygen atoms in total. The summed E-state index contributed by atoms with van der Waals surface area (Å²) in [7, 11) is 0. The van der Waals surface area contributed by atoms with Crippen LogP contribution in [0, 0.1) is 40.4 Å². The molecule has 10 aliphatic rings. The number of aliphatic hydroxyl groups is 12. The molecule has 6 aliphatic heterocycles. The summed E-state index contributed by atoms with van der Waals surface area (Å²) in [5.74, 6) is -1.53. The minimum absolute atomic E-state index is 0.00679. The van der Waals surface area contributed by atoms with Gasteiger partial charge in [-0.05, 0) is 80.6 Å². The lowest BCUT2D eigenvalue weighted by Crippen LogP contribution is -2.66. The average molecular weight is 1020 g/mol. The van der Waals surface area contributed by atoms with Crippen LogP contribution in [0.2, 0.25) is 0 Å². The molecule has 0 bridgehead atoms. The summed E-state index contributed by atoms with van der Waals surface area (Å²) in [6.45, 7) is 12.9. The summed E-state index contributed by atoms with van der Waals surface area (Å²) in [6, 6.07) is 0. The van der Waals surface area contributed by atoms with Crippen LogP contribution in [0.5, 0.6) is 0 Å². The molecule has 3 saturated carbocycles. The summed E-state index contributed by atoms with van der Waals surface area (Å²) in [5, 5.41) is 130. The van der Waals surface area contributed by atoms with E-state index in [1.807, 2.05) is 6.92 Å². The summed E-state index contributed by atoms with van der Waals surface area (Å²) in [6.07, 6.45) is -25.0. The quantitative estimate of drug-likeness (QED) is 0.109. The molecule has 1 spiro atoms. The first-order valence-electron chi connectivity index (χ1n) is 25.5. The minimum atomic E-state index is -1.77. The van der Waals surface area contributed by atoms with E-state index < -0.39 is 153 Å². The largest absolute Gasteiger partial charge is 0.393 e. The van der Waals surface area contributed by atoms with E-state index in [1.54, 1.807) is 6.92 Å². The Bertz CT molecular complexity index is 1960. The molecule has 6 saturated heterocycles. The Hall–Kier alpha value is -1.40. The molecule has 12 N–H and O–H groups in total. The van der Waals surface area contributed by atoms with Gasteiger partial charge in [0, 0.05) is 17.8 Å². The maximum absolute atomic E-state index is 12.1. The molecule has 0 aromatic carbocycles. The van der Waals surface area contributed by atoms with Crippen LogP contribution in [0.15, 0.2) is 23.8 Å². The van der Waals surface area contributed by atoms with Crippen molar-refractivity contribution in [3.63, 3.8) is 0 Å². The van der Waals surface area contributed by atoms with Gasteiger partial charge in [0.05, 0.1) is 50.3 Å². The van der Waals surface area contributed by atoms with Crippen molar-refractivity contribution in [2.75, 3.05) is 19.8 Å². The van der Waals surface area contributed by atoms with Crippen molar-refractivity contribution in [3.05, 3.63) is 23.8 Å². The number of allylic oxidation sites excluding steroid dienone is 1. The van der Waals surface area contributed by atoms with Crippen molar-refractivity contribution in [1.29, 1.82) is 0 Å². The molecule has 31 atom stereocenters. The molecule has 9 fully saturated rings. The van der Waals surface area contributed by atoms with Crippen molar-refractivity contribution in [1.82, 2.24) is 0 Å². The second-order valence-corrected chi connectivity index (χ2v) is 22.8. The third-order valence-electron chi connectivity index (χ3n) is 19.0. The van der Waals surface area contributed by atoms with Crippen molar-refractivity contribution in [3.8, 4) is 0 Å². The van der Waals surface area contributed by atoms with Crippen LogP contribution in [-0.2, 0) is 47.4 Å². The van der Waals surface area contributed by atoms with E-state index in [2.05, 4.69) is 26.5 Å². The summed E-state index contributed by atoms with van der Waals surface area (Å²) < 4.78 is 62.5. The molecule has 0 radical (unpaired) electrons. The topological polar surface area (TPSA) is 335 Å². The van der Waals surface area contributed by atoms with Gasteiger partial charge in [-0.25, -0.2) is 0 Å². The third kappa shape index (κ3) is 8.55. The van der Waals surface area contributed by atoms with Gasteiger partial charge in [-0.3, -0.25) is 0 Å². The Morgan fingerprint density at radius 2 is 1.25 bits per heavy atom. The van der Waals surface area contributed by atoms with E-state index in [1.165, 1.54) is 6.92 Å². The van der Waals surface area contributed by atoms with Crippen LogP contribution >= 0.6 is 0 Å². The Kier molecular flexibility index (Phi) is 14.6. The highest BCUT2D eigenvalue weighted by Gasteiger charge is 2.72. The molecular formula is C49H76O22. The first-order chi connectivity index (χ1) is 33.5.